The number of nitrogens with one attached hydrogen (secondary N) is 1. The lowest BCUT2D eigenvalue weighted by molar-refractivity contribution is -0.115. The summed E-state index contributed by atoms with van der Waals surface area (Å²) in [6.07, 6.45) is 0.167. The first-order chi connectivity index (χ1) is 10.7. The molecule has 0 saturated carbocycles. The van der Waals surface area contributed by atoms with Crippen LogP contribution in [0.2, 0.25) is 0 Å². The average molecular weight is 292 g/mol. The molecular weight excluding hydrogens is 276 g/mol. The molecule has 0 aliphatic heterocycles. The second kappa shape index (κ2) is 6.26. The first kappa shape index (κ1) is 14.1. The fourth-order valence-corrected chi connectivity index (χ4v) is 2.17. The molecular formula is C18H16N2O2. The van der Waals surface area contributed by atoms with Crippen molar-refractivity contribution in [1.29, 1.82) is 0 Å². The van der Waals surface area contributed by atoms with Gasteiger partial charge in [-0.05, 0) is 31.2 Å². The second-order valence-corrected chi connectivity index (χ2v) is 4.98. The molecule has 2 aromatic carbocycles. The molecule has 4 nitrogen and oxygen atoms in total. The number of hydrogen-bond acceptors (Lipinski definition) is 3. The highest BCUT2D eigenvalue weighted by molar-refractivity contribution is 5.92. The standard InChI is InChI=1S/C18H16N2O2/c1-13-16(12-17(21)20-15-10-6-3-7-11-15)22-18(19-13)14-8-4-2-5-9-14/h2-11H,12H2,1H3,(H,20,21). The van der Waals surface area contributed by atoms with Crippen LogP contribution < -0.4 is 5.32 Å². The zero-order valence-electron chi connectivity index (χ0n) is 12.2. The van der Waals surface area contributed by atoms with Gasteiger partial charge in [-0.3, -0.25) is 4.79 Å². The molecule has 0 radical (unpaired) electrons. The quantitative estimate of drug-likeness (QED) is 0.795. The minimum absolute atomic E-state index is 0.120. The Labute approximate surface area is 128 Å². The molecule has 0 spiro atoms. The number of aryl methyl sites for hydroxylation is 1. The van der Waals surface area contributed by atoms with Gasteiger partial charge < -0.3 is 9.73 Å². The van der Waals surface area contributed by atoms with Gasteiger partial charge in [0.2, 0.25) is 11.8 Å². The van der Waals surface area contributed by atoms with Gasteiger partial charge in [-0.1, -0.05) is 36.4 Å². The maximum Gasteiger partial charge on any atom is 0.232 e. The van der Waals surface area contributed by atoms with Gasteiger partial charge in [0.1, 0.15) is 5.76 Å². The van der Waals surface area contributed by atoms with E-state index >= 15 is 0 Å². The third-order valence-electron chi connectivity index (χ3n) is 3.29. The lowest BCUT2D eigenvalue weighted by Gasteiger charge is -2.03. The third-order valence-corrected chi connectivity index (χ3v) is 3.29. The lowest BCUT2D eigenvalue weighted by Crippen LogP contribution is -2.14. The first-order valence-electron chi connectivity index (χ1n) is 7.09. The molecule has 0 saturated heterocycles. The van der Waals surface area contributed by atoms with Gasteiger partial charge >= 0.3 is 0 Å². The van der Waals surface area contributed by atoms with Gasteiger partial charge in [-0.25, -0.2) is 4.98 Å². The van der Waals surface area contributed by atoms with Crippen LogP contribution in [-0.4, -0.2) is 10.9 Å². The normalized spacial score (nSPS) is 10.4. The van der Waals surface area contributed by atoms with E-state index in [4.69, 9.17) is 4.42 Å². The van der Waals surface area contributed by atoms with Crippen molar-refractivity contribution < 1.29 is 9.21 Å². The van der Waals surface area contributed by atoms with Gasteiger partial charge in [0.25, 0.3) is 0 Å². The molecule has 1 heterocycles. The third kappa shape index (κ3) is 3.23. The Bertz CT molecular complexity index is 764. The van der Waals surface area contributed by atoms with Crippen molar-refractivity contribution in [2.45, 2.75) is 13.3 Å². The summed E-state index contributed by atoms with van der Waals surface area (Å²) in [7, 11) is 0. The van der Waals surface area contributed by atoms with Crippen LogP contribution in [0.3, 0.4) is 0 Å². The topological polar surface area (TPSA) is 55.1 Å². The van der Waals surface area contributed by atoms with Crippen LogP contribution in [0.5, 0.6) is 0 Å². The number of aromatic nitrogens is 1. The summed E-state index contributed by atoms with van der Waals surface area (Å²) < 4.78 is 5.74. The predicted octanol–water partition coefficient (Wildman–Crippen LogP) is 3.83. The number of carbonyl (C=O) groups is 1. The van der Waals surface area contributed by atoms with E-state index in [2.05, 4.69) is 10.3 Å². The summed E-state index contributed by atoms with van der Waals surface area (Å²) in [5.74, 6) is 1.01. The van der Waals surface area contributed by atoms with E-state index in [9.17, 15) is 4.79 Å². The van der Waals surface area contributed by atoms with Crippen LogP contribution in [0.1, 0.15) is 11.5 Å². The Balaban J connectivity index is 1.73. The fourth-order valence-electron chi connectivity index (χ4n) is 2.17. The molecule has 3 aromatic rings. The molecule has 110 valence electrons. The van der Waals surface area contributed by atoms with Gasteiger partial charge in [0, 0.05) is 11.3 Å². The number of rotatable bonds is 4. The van der Waals surface area contributed by atoms with Crippen molar-refractivity contribution in [3.63, 3.8) is 0 Å². The van der Waals surface area contributed by atoms with E-state index < -0.39 is 0 Å². The molecule has 1 aromatic heterocycles. The van der Waals surface area contributed by atoms with Crippen molar-refractivity contribution in [2.75, 3.05) is 5.32 Å². The first-order valence-corrected chi connectivity index (χ1v) is 7.09. The number of hydrogen-bond donors (Lipinski definition) is 1. The Hall–Kier alpha value is -2.88. The van der Waals surface area contributed by atoms with Gasteiger partial charge in [0.15, 0.2) is 0 Å². The van der Waals surface area contributed by atoms with Crippen LogP contribution in [-0.2, 0) is 11.2 Å². The lowest BCUT2D eigenvalue weighted by atomic mass is 10.2. The summed E-state index contributed by atoms with van der Waals surface area (Å²) >= 11 is 0. The Morgan fingerprint density at radius 1 is 1.05 bits per heavy atom. The summed E-state index contributed by atoms with van der Waals surface area (Å²) in [4.78, 5) is 16.5. The molecule has 1 N–H and O–H groups in total. The Morgan fingerprint density at radius 3 is 2.36 bits per heavy atom. The summed E-state index contributed by atoms with van der Waals surface area (Å²) in [6.45, 7) is 1.85. The molecule has 0 atom stereocenters. The van der Waals surface area contributed by atoms with Crippen LogP contribution in [0.15, 0.2) is 65.1 Å². The highest BCUT2D eigenvalue weighted by Crippen LogP contribution is 2.22. The van der Waals surface area contributed by atoms with E-state index in [-0.39, 0.29) is 12.3 Å². The van der Waals surface area contributed by atoms with Crippen LogP contribution in [0.25, 0.3) is 11.5 Å². The smallest absolute Gasteiger partial charge is 0.232 e. The number of carbonyl (C=O) groups excluding carboxylic acids is 1. The van der Waals surface area contributed by atoms with E-state index in [0.29, 0.717) is 11.7 Å². The number of nitrogens with zero attached hydrogens (tertiary/aromatic N) is 1. The van der Waals surface area contributed by atoms with Crippen molar-refractivity contribution in [2.24, 2.45) is 0 Å². The van der Waals surface area contributed by atoms with Crippen LogP contribution in [0.4, 0.5) is 5.69 Å². The zero-order chi connectivity index (χ0) is 15.4. The van der Waals surface area contributed by atoms with E-state index in [1.54, 1.807) is 0 Å². The molecule has 4 heteroatoms. The number of anilines is 1. The number of amides is 1. The van der Waals surface area contributed by atoms with Crippen LogP contribution >= 0.6 is 0 Å². The van der Waals surface area contributed by atoms with Crippen molar-refractivity contribution in [3.05, 3.63) is 72.1 Å². The maximum atomic E-state index is 12.1. The van der Waals surface area contributed by atoms with E-state index in [1.807, 2.05) is 67.6 Å². The second-order valence-electron chi connectivity index (χ2n) is 4.98. The Morgan fingerprint density at radius 2 is 1.68 bits per heavy atom. The molecule has 0 fully saturated rings. The number of benzene rings is 2. The van der Waals surface area contributed by atoms with Gasteiger partial charge in [0.05, 0.1) is 12.1 Å². The highest BCUT2D eigenvalue weighted by Gasteiger charge is 2.14. The minimum Gasteiger partial charge on any atom is -0.440 e. The van der Waals surface area contributed by atoms with Crippen molar-refractivity contribution in [3.8, 4) is 11.5 Å². The fraction of sp³-hybridized carbons (Fsp3) is 0.111. The summed E-state index contributed by atoms with van der Waals surface area (Å²) in [5.41, 5.74) is 2.41. The zero-order valence-corrected chi connectivity index (χ0v) is 12.2. The summed E-state index contributed by atoms with van der Waals surface area (Å²) in [5, 5.41) is 2.84. The van der Waals surface area contributed by atoms with Gasteiger partial charge in [-0.2, -0.15) is 0 Å². The molecule has 0 unspecified atom stereocenters. The molecule has 3 rings (SSSR count). The monoisotopic (exact) mass is 292 g/mol. The predicted molar refractivity (Wildman–Crippen MR) is 85.5 cm³/mol. The van der Waals surface area contributed by atoms with Gasteiger partial charge in [-0.15, -0.1) is 0 Å². The molecule has 0 aliphatic rings. The largest absolute Gasteiger partial charge is 0.440 e. The number of para-hydroxylation sites is 1. The van der Waals surface area contributed by atoms with Crippen molar-refractivity contribution >= 4 is 11.6 Å². The molecule has 1 amide bonds. The average Bonchev–Trinajstić information content (AvgIpc) is 2.90. The summed E-state index contributed by atoms with van der Waals surface area (Å²) in [6, 6.07) is 19.0. The van der Waals surface area contributed by atoms with Crippen molar-refractivity contribution in [1.82, 2.24) is 4.98 Å². The maximum absolute atomic E-state index is 12.1. The molecule has 0 aliphatic carbocycles. The van der Waals surface area contributed by atoms with Crippen LogP contribution in [0, 0.1) is 6.92 Å². The SMILES string of the molecule is Cc1nc(-c2ccccc2)oc1CC(=O)Nc1ccccc1. The van der Waals surface area contributed by atoms with E-state index in [1.165, 1.54) is 0 Å². The molecule has 22 heavy (non-hydrogen) atoms. The highest BCUT2D eigenvalue weighted by atomic mass is 16.4. The molecule has 0 bridgehead atoms. The van der Waals surface area contributed by atoms with E-state index in [0.717, 1.165) is 16.9 Å². The minimum atomic E-state index is -0.120. The number of oxazole rings is 1. The Kier molecular flexibility index (Phi) is 4.01.